The lowest BCUT2D eigenvalue weighted by molar-refractivity contribution is -0.128. The maximum Gasteiger partial charge on any atom is 0.227 e. The molecule has 1 saturated carbocycles. The summed E-state index contributed by atoms with van der Waals surface area (Å²) in [5.74, 6) is 0.436. The second-order valence-corrected chi connectivity index (χ2v) is 7.00. The molecule has 25 heavy (non-hydrogen) atoms. The maximum absolute atomic E-state index is 14.0. The predicted octanol–water partition coefficient (Wildman–Crippen LogP) is 2.41. The Morgan fingerprint density at radius 2 is 1.92 bits per heavy atom. The number of carbonyl (C=O) groups excluding carboxylic acids is 1. The molecule has 2 rings (SSSR count). The number of halogens is 2. The van der Waals surface area contributed by atoms with Crippen molar-refractivity contribution in [3.05, 3.63) is 35.6 Å². The summed E-state index contributed by atoms with van der Waals surface area (Å²) in [5.41, 5.74) is 0.0627. The molecule has 7 heteroatoms. The molecule has 1 aliphatic rings. The third-order valence-electron chi connectivity index (χ3n) is 4.66. The van der Waals surface area contributed by atoms with Gasteiger partial charge in [-0.25, -0.2) is 4.39 Å². The Morgan fingerprint density at radius 1 is 1.28 bits per heavy atom. The van der Waals surface area contributed by atoms with Gasteiger partial charge in [0.05, 0.1) is 5.41 Å². The van der Waals surface area contributed by atoms with E-state index in [0.29, 0.717) is 19.0 Å². The molecule has 1 aliphatic carbocycles. The standard InChI is InChI=1S/C18H27FN4O.HI/c1-17(2,15(24)20-3)11-22-16(21-4)23-12-18(9-10-18)13-7-5-6-8-14(13)19;/h5-8H,9-12H2,1-4H3,(H,20,24)(H2,21,22,23);1H. The zero-order valence-electron chi connectivity index (χ0n) is 15.3. The molecule has 3 N–H and O–H groups in total. The van der Waals surface area contributed by atoms with Crippen molar-refractivity contribution in [2.75, 3.05) is 27.2 Å². The van der Waals surface area contributed by atoms with Gasteiger partial charge in [-0.05, 0) is 38.3 Å². The van der Waals surface area contributed by atoms with E-state index in [2.05, 4.69) is 20.9 Å². The van der Waals surface area contributed by atoms with Crippen LogP contribution in [0.5, 0.6) is 0 Å². The highest BCUT2D eigenvalue weighted by atomic mass is 127. The van der Waals surface area contributed by atoms with Crippen molar-refractivity contribution in [1.82, 2.24) is 16.0 Å². The number of nitrogens with one attached hydrogen (secondary N) is 3. The van der Waals surface area contributed by atoms with E-state index in [1.807, 2.05) is 26.0 Å². The van der Waals surface area contributed by atoms with E-state index >= 15 is 0 Å². The van der Waals surface area contributed by atoms with E-state index in [4.69, 9.17) is 0 Å². The van der Waals surface area contributed by atoms with Crippen LogP contribution in [0.15, 0.2) is 29.3 Å². The molecule has 0 saturated heterocycles. The third-order valence-corrected chi connectivity index (χ3v) is 4.66. The first-order valence-corrected chi connectivity index (χ1v) is 8.26. The number of carbonyl (C=O) groups is 1. The molecule has 1 amide bonds. The van der Waals surface area contributed by atoms with E-state index in [1.54, 1.807) is 20.2 Å². The van der Waals surface area contributed by atoms with Gasteiger partial charge in [0.15, 0.2) is 5.96 Å². The fraction of sp³-hybridized carbons (Fsp3) is 0.556. The van der Waals surface area contributed by atoms with Crippen LogP contribution in [0.4, 0.5) is 4.39 Å². The van der Waals surface area contributed by atoms with Gasteiger partial charge in [-0.2, -0.15) is 0 Å². The van der Waals surface area contributed by atoms with Gasteiger partial charge in [0.2, 0.25) is 5.91 Å². The first-order chi connectivity index (χ1) is 11.3. The van der Waals surface area contributed by atoms with Crippen LogP contribution in [0.3, 0.4) is 0 Å². The molecule has 0 atom stereocenters. The van der Waals surface area contributed by atoms with Gasteiger partial charge in [0, 0.05) is 32.6 Å². The number of amides is 1. The van der Waals surface area contributed by atoms with E-state index in [0.717, 1.165) is 18.4 Å². The molecule has 1 aromatic rings. The van der Waals surface area contributed by atoms with E-state index in [-0.39, 0.29) is 41.1 Å². The monoisotopic (exact) mass is 462 g/mol. The average molecular weight is 462 g/mol. The summed E-state index contributed by atoms with van der Waals surface area (Å²) < 4.78 is 14.0. The van der Waals surface area contributed by atoms with Crippen molar-refractivity contribution < 1.29 is 9.18 Å². The zero-order valence-corrected chi connectivity index (χ0v) is 17.6. The number of rotatable bonds is 6. The summed E-state index contributed by atoms with van der Waals surface area (Å²) in [4.78, 5) is 16.0. The van der Waals surface area contributed by atoms with Crippen molar-refractivity contribution in [1.29, 1.82) is 0 Å². The minimum absolute atomic E-state index is 0. The van der Waals surface area contributed by atoms with Gasteiger partial charge in [0.1, 0.15) is 5.82 Å². The van der Waals surface area contributed by atoms with E-state index in [1.165, 1.54) is 6.07 Å². The highest BCUT2D eigenvalue weighted by Crippen LogP contribution is 2.48. The molecule has 0 aliphatic heterocycles. The van der Waals surface area contributed by atoms with Crippen LogP contribution >= 0.6 is 24.0 Å². The van der Waals surface area contributed by atoms with Crippen LogP contribution in [-0.4, -0.2) is 39.1 Å². The molecular formula is C18H28FIN4O. The van der Waals surface area contributed by atoms with Crippen molar-refractivity contribution >= 4 is 35.8 Å². The second kappa shape index (κ2) is 8.82. The summed E-state index contributed by atoms with van der Waals surface area (Å²) in [7, 11) is 3.31. The van der Waals surface area contributed by atoms with Crippen LogP contribution < -0.4 is 16.0 Å². The smallest absolute Gasteiger partial charge is 0.227 e. The lowest BCUT2D eigenvalue weighted by Crippen LogP contribution is -2.48. The van der Waals surface area contributed by atoms with Crippen LogP contribution in [0.25, 0.3) is 0 Å². The van der Waals surface area contributed by atoms with Crippen LogP contribution in [0.1, 0.15) is 32.3 Å². The number of guanidine groups is 1. The molecule has 1 fully saturated rings. The predicted molar refractivity (Wildman–Crippen MR) is 110 cm³/mol. The van der Waals surface area contributed by atoms with Gasteiger partial charge in [-0.3, -0.25) is 9.79 Å². The van der Waals surface area contributed by atoms with Gasteiger partial charge >= 0.3 is 0 Å². The van der Waals surface area contributed by atoms with Gasteiger partial charge in [-0.1, -0.05) is 18.2 Å². The molecule has 140 valence electrons. The zero-order chi connectivity index (χ0) is 17.8. The Morgan fingerprint density at radius 3 is 2.44 bits per heavy atom. The Bertz CT molecular complexity index is 629. The van der Waals surface area contributed by atoms with Crippen molar-refractivity contribution in [3.8, 4) is 0 Å². The fourth-order valence-corrected chi connectivity index (χ4v) is 2.78. The average Bonchev–Trinajstić information content (AvgIpc) is 3.35. The maximum atomic E-state index is 14.0. The van der Waals surface area contributed by atoms with Crippen LogP contribution in [-0.2, 0) is 10.2 Å². The van der Waals surface area contributed by atoms with Crippen molar-refractivity contribution in [3.63, 3.8) is 0 Å². The largest absolute Gasteiger partial charge is 0.359 e. The fourth-order valence-electron chi connectivity index (χ4n) is 2.78. The Balaban J connectivity index is 0.00000312. The lowest BCUT2D eigenvalue weighted by atomic mass is 9.92. The minimum Gasteiger partial charge on any atom is -0.359 e. The number of aliphatic imine (C=N–C) groups is 1. The van der Waals surface area contributed by atoms with Crippen molar-refractivity contribution in [2.45, 2.75) is 32.1 Å². The summed E-state index contributed by atoms with van der Waals surface area (Å²) >= 11 is 0. The molecule has 5 nitrogen and oxygen atoms in total. The highest BCUT2D eigenvalue weighted by Gasteiger charge is 2.45. The van der Waals surface area contributed by atoms with Crippen molar-refractivity contribution in [2.24, 2.45) is 10.4 Å². The molecule has 0 bridgehead atoms. The molecule has 0 heterocycles. The van der Waals surface area contributed by atoms with Gasteiger partial charge in [-0.15, -0.1) is 24.0 Å². The first kappa shape index (κ1) is 21.7. The second-order valence-electron chi connectivity index (χ2n) is 7.00. The Kier molecular flexibility index (Phi) is 7.64. The Labute approximate surface area is 166 Å². The number of hydrogen-bond acceptors (Lipinski definition) is 2. The topological polar surface area (TPSA) is 65.5 Å². The number of benzene rings is 1. The molecule has 0 radical (unpaired) electrons. The van der Waals surface area contributed by atoms with Gasteiger partial charge < -0.3 is 16.0 Å². The molecule has 0 aromatic heterocycles. The van der Waals surface area contributed by atoms with Crippen LogP contribution in [0.2, 0.25) is 0 Å². The quantitative estimate of drug-likeness (QED) is 0.346. The number of nitrogens with zero attached hydrogens (tertiary/aromatic N) is 1. The molecular weight excluding hydrogens is 434 g/mol. The summed E-state index contributed by atoms with van der Waals surface area (Å²) in [6.07, 6.45) is 1.92. The molecule has 0 spiro atoms. The Hall–Kier alpha value is -1.38. The SMILES string of the molecule is CN=C(NCC(C)(C)C(=O)NC)NCC1(c2ccccc2F)CC1.I. The van der Waals surface area contributed by atoms with E-state index in [9.17, 15) is 9.18 Å². The normalized spacial score (nSPS) is 15.8. The summed E-state index contributed by atoms with van der Waals surface area (Å²) in [6.45, 7) is 4.81. The third kappa shape index (κ3) is 5.29. The highest BCUT2D eigenvalue weighted by molar-refractivity contribution is 14.0. The van der Waals surface area contributed by atoms with E-state index < -0.39 is 5.41 Å². The first-order valence-electron chi connectivity index (χ1n) is 8.26. The molecule has 0 unspecified atom stereocenters. The minimum atomic E-state index is -0.546. The summed E-state index contributed by atoms with van der Waals surface area (Å²) in [6, 6.07) is 6.95. The summed E-state index contributed by atoms with van der Waals surface area (Å²) in [5, 5.41) is 9.10. The number of hydrogen-bond donors (Lipinski definition) is 3. The molecule has 1 aromatic carbocycles. The van der Waals surface area contributed by atoms with Gasteiger partial charge in [0.25, 0.3) is 0 Å². The lowest BCUT2D eigenvalue weighted by Gasteiger charge is -2.25. The van der Waals surface area contributed by atoms with Crippen LogP contribution in [0, 0.1) is 11.2 Å².